The predicted molar refractivity (Wildman–Crippen MR) is 51.1 cm³/mol. The molecular formula is C7H6N2O5S. The van der Waals surface area contributed by atoms with Crippen LogP contribution in [-0.4, -0.2) is 22.9 Å². The topological polar surface area (TPSA) is 112 Å². The van der Waals surface area contributed by atoms with Crippen molar-refractivity contribution in [2.45, 2.75) is 0 Å². The summed E-state index contributed by atoms with van der Waals surface area (Å²) in [4.78, 5) is 15.8. The molecule has 0 radical (unpaired) electrons. The van der Waals surface area contributed by atoms with Gasteiger partial charge in [0.05, 0.1) is 11.0 Å². The molecule has 0 saturated carbocycles. The Balaban J connectivity index is 2.51. The van der Waals surface area contributed by atoms with Gasteiger partial charge >= 0.3 is 16.1 Å². The molecule has 0 aliphatic carbocycles. The predicted octanol–water partition coefficient (Wildman–Crippen LogP) is 0.0378. The summed E-state index contributed by atoms with van der Waals surface area (Å²) in [6, 6.07) is 4.04. The molecule has 3 N–H and O–H groups in total. The van der Waals surface area contributed by atoms with Gasteiger partial charge in [0.15, 0.2) is 0 Å². The number of imidazole rings is 1. The number of hydrogen-bond acceptors (Lipinski definition) is 4. The van der Waals surface area contributed by atoms with E-state index in [1.54, 1.807) is 0 Å². The van der Waals surface area contributed by atoms with Crippen LogP contribution in [0.15, 0.2) is 23.0 Å². The highest BCUT2D eigenvalue weighted by Crippen LogP contribution is 2.17. The van der Waals surface area contributed by atoms with Crippen molar-refractivity contribution in [2.75, 3.05) is 0 Å². The van der Waals surface area contributed by atoms with Crippen LogP contribution in [0.25, 0.3) is 11.0 Å². The monoisotopic (exact) mass is 230 g/mol. The molecule has 0 spiro atoms. The Labute approximate surface area is 83.7 Å². The van der Waals surface area contributed by atoms with E-state index in [4.69, 9.17) is 4.55 Å². The van der Waals surface area contributed by atoms with Gasteiger partial charge in [-0.15, -0.1) is 0 Å². The van der Waals surface area contributed by atoms with E-state index < -0.39 is 16.1 Å². The second-order valence-corrected chi connectivity index (χ2v) is 3.82. The van der Waals surface area contributed by atoms with Crippen molar-refractivity contribution in [3.05, 3.63) is 28.7 Å². The fraction of sp³-hybridized carbons (Fsp3) is 0. The second kappa shape index (κ2) is 3.11. The summed E-state index contributed by atoms with van der Waals surface area (Å²) in [5.41, 5.74) is 0.498. The van der Waals surface area contributed by atoms with E-state index in [-0.39, 0.29) is 5.75 Å². The van der Waals surface area contributed by atoms with Gasteiger partial charge in [-0.2, -0.15) is 8.42 Å². The summed E-state index contributed by atoms with van der Waals surface area (Å²) < 4.78 is 33.4. The number of hydrogen-bond donors (Lipinski definition) is 3. The third-order valence-corrected chi connectivity index (χ3v) is 2.09. The molecule has 7 nitrogen and oxygen atoms in total. The molecule has 1 aromatic heterocycles. The Morgan fingerprint density at radius 1 is 1.20 bits per heavy atom. The fourth-order valence-electron chi connectivity index (χ4n) is 1.19. The van der Waals surface area contributed by atoms with Gasteiger partial charge < -0.3 is 14.2 Å². The third-order valence-electron chi connectivity index (χ3n) is 1.69. The maximum atomic E-state index is 10.9. The Morgan fingerprint density at radius 3 is 2.53 bits per heavy atom. The number of aromatic nitrogens is 2. The first-order valence-electron chi connectivity index (χ1n) is 3.83. The highest BCUT2D eigenvalue weighted by molar-refractivity contribution is 7.81. The van der Waals surface area contributed by atoms with Crippen molar-refractivity contribution in [3.8, 4) is 5.75 Å². The molecule has 8 heteroatoms. The number of aromatic amines is 2. The lowest BCUT2D eigenvalue weighted by Crippen LogP contribution is -2.06. The molecule has 0 bridgehead atoms. The summed E-state index contributed by atoms with van der Waals surface area (Å²) in [5, 5.41) is 0. The van der Waals surface area contributed by atoms with Gasteiger partial charge in [0, 0.05) is 6.07 Å². The summed E-state index contributed by atoms with van der Waals surface area (Å²) >= 11 is 0. The zero-order valence-electron chi connectivity index (χ0n) is 7.22. The van der Waals surface area contributed by atoms with E-state index in [1.165, 1.54) is 18.2 Å². The first kappa shape index (κ1) is 9.74. The average molecular weight is 230 g/mol. The molecule has 0 aliphatic rings. The van der Waals surface area contributed by atoms with Crippen LogP contribution in [0.1, 0.15) is 0 Å². The lowest BCUT2D eigenvalue weighted by Gasteiger charge is -1.99. The van der Waals surface area contributed by atoms with Gasteiger partial charge in [0.1, 0.15) is 5.75 Å². The lowest BCUT2D eigenvalue weighted by molar-refractivity contribution is 0.387. The van der Waals surface area contributed by atoms with Gasteiger partial charge in [-0.05, 0) is 12.1 Å². The molecule has 0 aliphatic heterocycles. The Kier molecular flexibility index (Phi) is 2.02. The molecule has 1 heterocycles. The molecule has 1 aromatic carbocycles. The van der Waals surface area contributed by atoms with Crippen molar-refractivity contribution in [3.63, 3.8) is 0 Å². The van der Waals surface area contributed by atoms with Gasteiger partial charge in [-0.3, -0.25) is 4.55 Å². The molecule has 80 valence electrons. The van der Waals surface area contributed by atoms with Gasteiger partial charge in [0.2, 0.25) is 0 Å². The highest BCUT2D eigenvalue weighted by atomic mass is 32.3. The molecule has 0 atom stereocenters. The van der Waals surface area contributed by atoms with E-state index in [2.05, 4.69) is 14.2 Å². The molecule has 0 amide bonds. The zero-order chi connectivity index (χ0) is 11.1. The summed E-state index contributed by atoms with van der Waals surface area (Å²) in [7, 11) is -4.54. The van der Waals surface area contributed by atoms with Crippen LogP contribution in [0.5, 0.6) is 5.75 Å². The summed E-state index contributed by atoms with van der Waals surface area (Å²) in [6.45, 7) is 0. The second-order valence-electron chi connectivity index (χ2n) is 2.80. The van der Waals surface area contributed by atoms with Crippen LogP contribution in [0, 0.1) is 0 Å². The van der Waals surface area contributed by atoms with E-state index in [0.29, 0.717) is 11.0 Å². The van der Waals surface area contributed by atoms with E-state index in [0.717, 1.165) is 0 Å². The number of H-pyrrole nitrogens is 2. The van der Waals surface area contributed by atoms with E-state index in [9.17, 15) is 13.2 Å². The minimum atomic E-state index is -4.54. The van der Waals surface area contributed by atoms with Crippen LogP contribution in [0.4, 0.5) is 0 Å². The third kappa shape index (κ3) is 2.17. The maximum Gasteiger partial charge on any atom is 0.446 e. The van der Waals surface area contributed by atoms with Gasteiger partial charge in [-0.1, -0.05) is 0 Å². The molecule has 0 saturated heterocycles. The Morgan fingerprint density at radius 2 is 1.87 bits per heavy atom. The van der Waals surface area contributed by atoms with Crippen LogP contribution in [-0.2, 0) is 10.4 Å². The van der Waals surface area contributed by atoms with Crippen molar-refractivity contribution >= 4 is 21.4 Å². The van der Waals surface area contributed by atoms with Crippen LogP contribution >= 0.6 is 0 Å². The van der Waals surface area contributed by atoms with Crippen LogP contribution in [0.3, 0.4) is 0 Å². The van der Waals surface area contributed by atoms with Gasteiger partial charge in [0.25, 0.3) is 0 Å². The number of benzene rings is 1. The van der Waals surface area contributed by atoms with Gasteiger partial charge in [-0.25, -0.2) is 4.79 Å². The first-order chi connectivity index (χ1) is 6.94. The van der Waals surface area contributed by atoms with Crippen LogP contribution in [0.2, 0.25) is 0 Å². The lowest BCUT2D eigenvalue weighted by atomic mass is 10.3. The number of nitrogens with one attached hydrogen (secondary N) is 2. The van der Waals surface area contributed by atoms with Crippen molar-refractivity contribution in [1.29, 1.82) is 0 Å². The van der Waals surface area contributed by atoms with E-state index >= 15 is 0 Å². The molecule has 15 heavy (non-hydrogen) atoms. The molecule has 2 rings (SSSR count). The van der Waals surface area contributed by atoms with Crippen molar-refractivity contribution in [2.24, 2.45) is 0 Å². The smallest absolute Gasteiger partial charge is 0.362 e. The van der Waals surface area contributed by atoms with Crippen molar-refractivity contribution < 1.29 is 17.2 Å². The molecule has 2 aromatic rings. The fourth-order valence-corrected chi connectivity index (χ4v) is 1.53. The minimum absolute atomic E-state index is 0.0831. The van der Waals surface area contributed by atoms with Crippen molar-refractivity contribution in [1.82, 2.24) is 9.97 Å². The largest absolute Gasteiger partial charge is 0.446 e. The molecular weight excluding hydrogens is 224 g/mol. The number of fused-ring (bicyclic) bond motifs is 1. The standard InChI is InChI=1S/C7H6N2O5S/c10-7-8-5-2-1-4(3-6(5)9-7)14-15(11,12)13/h1-3H,(H2,8,9,10)(H,11,12,13). The Hall–Kier alpha value is -1.80. The highest BCUT2D eigenvalue weighted by Gasteiger charge is 2.08. The SMILES string of the molecule is O=c1[nH]c2ccc(OS(=O)(=O)O)cc2[nH]1. The van der Waals surface area contributed by atoms with Crippen LogP contribution < -0.4 is 9.87 Å². The molecule has 0 unspecified atom stereocenters. The average Bonchev–Trinajstić information content (AvgIpc) is 2.40. The normalized spacial score (nSPS) is 11.8. The molecule has 0 fully saturated rings. The summed E-state index contributed by atoms with van der Waals surface area (Å²) in [6.07, 6.45) is 0. The minimum Gasteiger partial charge on any atom is -0.362 e. The quantitative estimate of drug-likeness (QED) is 0.630. The van der Waals surface area contributed by atoms with E-state index in [1.807, 2.05) is 0 Å². The summed E-state index contributed by atoms with van der Waals surface area (Å²) in [5.74, 6) is -0.0831. The maximum absolute atomic E-state index is 10.9. The first-order valence-corrected chi connectivity index (χ1v) is 5.19. The Bertz CT molecular complexity index is 653. The number of rotatable bonds is 2. The zero-order valence-corrected chi connectivity index (χ0v) is 8.04.